The van der Waals surface area contributed by atoms with Crippen molar-refractivity contribution in [3.8, 4) is 0 Å². The summed E-state index contributed by atoms with van der Waals surface area (Å²) in [7, 11) is 0. The highest BCUT2D eigenvalue weighted by Crippen LogP contribution is 2.15. The van der Waals surface area contributed by atoms with Crippen molar-refractivity contribution in [1.82, 2.24) is 0 Å². The van der Waals surface area contributed by atoms with Gasteiger partial charge in [-0.25, -0.2) is 0 Å². The molecule has 0 aromatic carbocycles. The molecule has 3 N–H and O–H groups in total. The molecule has 0 aromatic heterocycles. The standard InChI is InChI=1S/C6H9NO2/c7-5-2-1-4(3-5)6(8)9/h1-2,4-5H,3,7H2,(H,8,9)/t4?,5-/m1/s1. The molecule has 0 aromatic rings. The highest BCUT2D eigenvalue weighted by atomic mass is 16.4. The zero-order valence-electron chi connectivity index (χ0n) is 4.95. The van der Waals surface area contributed by atoms with Crippen LogP contribution in [0.5, 0.6) is 0 Å². The third-order valence-corrected chi connectivity index (χ3v) is 1.43. The van der Waals surface area contributed by atoms with Crippen molar-refractivity contribution in [2.75, 3.05) is 0 Å². The molecule has 3 heteroatoms. The number of aliphatic carboxylic acids is 1. The highest BCUT2D eigenvalue weighted by Gasteiger charge is 2.21. The molecule has 0 heterocycles. The first-order valence-corrected chi connectivity index (χ1v) is 2.87. The van der Waals surface area contributed by atoms with Crippen LogP contribution in [-0.2, 0) is 4.79 Å². The van der Waals surface area contributed by atoms with Crippen LogP contribution in [-0.4, -0.2) is 17.1 Å². The normalized spacial score (nSPS) is 33.0. The average molecular weight is 127 g/mol. The van der Waals surface area contributed by atoms with E-state index in [0.717, 1.165) is 0 Å². The molecule has 3 nitrogen and oxygen atoms in total. The minimum Gasteiger partial charge on any atom is -0.481 e. The lowest BCUT2D eigenvalue weighted by Gasteiger charge is -2.00. The van der Waals surface area contributed by atoms with E-state index in [-0.39, 0.29) is 12.0 Å². The van der Waals surface area contributed by atoms with Crippen LogP contribution in [0.4, 0.5) is 0 Å². The summed E-state index contributed by atoms with van der Waals surface area (Å²) in [6.07, 6.45) is 3.93. The van der Waals surface area contributed by atoms with Crippen molar-refractivity contribution in [3.63, 3.8) is 0 Å². The predicted octanol–water partition coefficient (Wildman–Crippen LogP) is -0.0256. The van der Waals surface area contributed by atoms with Gasteiger partial charge in [-0.2, -0.15) is 0 Å². The van der Waals surface area contributed by atoms with Gasteiger partial charge in [0.1, 0.15) is 0 Å². The van der Waals surface area contributed by atoms with Crippen molar-refractivity contribution in [2.45, 2.75) is 12.5 Å². The summed E-state index contributed by atoms with van der Waals surface area (Å²) in [6, 6.07) is -0.0499. The van der Waals surface area contributed by atoms with Crippen LogP contribution >= 0.6 is 0 Å². The molecule has 0 saturated heterocycles. The molecule has 2 atom stereocenters. The molecule has 0 fully saturated rings. The number of carbonyl (C=O) groups is 1. The second-order valence-electron chi connectivity index (χ2n) is 2.23. The molecular weight excluding hydrogens is 118 g/mol. The summed E-state index contributed by atoms with van der Waals surface area (Å²) in [5, 5.41) is 8.42. The van der Waals surface area contributed by atoms with Gasteiger partial charge < -0.3 is 10.8 Å². The summed E-state index contributed by atoms with van der Waals surface area (Å²) < 4.78 is 0. The number of carboxylic acids is 1. The number of hydrogen-bond donors (Lipinski definition) is 2. The zero-order chi connectivity index (χ0) is 6.85. The quantitative estimate of drug-likeness (QED) is 0.486. The predicted molar refractivity (Wildman–Crippen MR) is 32.9 cm³/mol. The van der Waals surface area contributed by atoms with E-state index in [1.165, 1.54) is 0 Å². The van der Waals surface area contributed by atoms with Crippen LogP contribution in [0.15, 0.2) is 12.2 Å². The fraction of sp³-hybridized carbons (Fsp3) is 0.500. The fourth-order valence-electron chi connectivity index (χ4n) is 0.910. The largest absolute Gasteiger partial charge is 0.481 e. The average Bonchev–Trinajstić information content (AvgIpc) is 2.14. The minimum absolute atomic E-state index is 0.0499. The Labute approximate surface area is 53.2 Å². The van der Waals surface area contributed by atoms with Gasteiger partial charge in [-0.05, 0) is 6.42 Å². The SMILES string of the molecule is N[C@@H]1C=CC(C(=O)O)C1. The third kappa shape index (κ3) is 1.29. The van der Waals surface area contributed by atoms with E-state index in [4.69, 9.17) is 10.8 Å². The number of nitrogens with two attached hydrogens (primary N) is 1. The monoisotopic (exact) mass is 127 g/mol. The van der Waals surface area contributed by atoms with Crippen LogP contribution in [0.2, 0.25) is 0 Å². The maximum absolute atomic E-state index is 10.2. The van der Waals surface area contributed by atoms with Gasteiger partial charge in [0.25, 0.3) is 0 Å². The van der Waals surface area contributed by atoms with E-state index in [1.807, 2.05) is 0 Å². The Bertz CT molecular complexity index is 153. The Morgan fingerprint density at radius 3 is 2.56 bits per heavy atom. The Kier molecular flexibility index (Phi) is 1.53. The van der Waals surface area contributed by atoms with Crippen molar-refractivity contribution >= 4 is 5.97 Å². The molecular formula is C6H9NO2. The lowest BCUT2D eigenvalue weighted by atomic mass is 10.1. The maximum Gasteiger partial charge on any atom is 0.310 e. The molecule has 0 saturated carbocycles. The number of hydrogen-bond acceptors (Lipinski definition) is 2. The summed E-state index contributed by atoms with van der Waals surface area (Å²) in [4.78, 5) is 10.2. The molecule has 50 valence electrons. The van der Waals surface area contributed by atoms with Gasteiger partial charge in [0.2, 0.25) is 0 Å². The van der Waals surface area contributed by atoms with Crippen LogP contribution in [0, 0.1) is 5.92 Å². The van der Waals surface area contributed by atoms with Gasteiger partial charge in [0.15, 0.2) is 0 Å². The molecule has 1 aliphatic rings. The Hall–Kier alpha value is -0.830. The number of carboxylic acid groups (broad SMARTS) is 1. The lowest BCUT2D eigenvalue weighted by Crippen LogP contribution is -2.18. The molecule has 1 aliphatic carbocycles. The van der Waals surface area contributed by atoms with Crippen LogP contribution in [0.1, 0.15) is 6.42 Å². The van der Waals surface area contributed by atoms with E-state index < -0.39 is 5.97 Å². The van der Waals surface area contributed by atoms with Crippen LogP contribution in [0.3, 0.4) is 0 Å². The Morgan fingerprint density at radius 1 is 1.67 bits per heavy atom. The first kappa shape index (κ1) is 6.29. The second-order valence-corrected chi connectivity index (χ2v) is 2.23. The first-order valence-electron chi connectivity index (χ1n) is 2.87. The molecule has 0 bridgehead atoms. The first-order chi connectivity index (χ1) is 4.20. The van der Waals surface area contributed by atoms with Crippen molar-refractivity contribution in [2.24, 2.45) is 11.7 Å². The van der Waals surface area contributed by atoms with Crippen LogP contribution in [0.25, 0.3) is 0 Å². The van der Waals surface area contributed by atoms with Crippen molar-refractivity contribution < 1.29 is 9.90 Å². The van der Waals surface area contributed by atoms with E-state index in [1.54, 1.807) is 12.2 Å². The highest BCUT2D eigenvalue weighted by molar-refractivity contribution is 5.72. The van der Waals surface area contributed by atoms with E-state index in [9.17, 15) is 4.79 Å². The fourth-order valence-corrected chi connectivity index (χ4v) is 0.910. The molecule has 1 unspecified atom stereocenters. The molecule has 0 amide bonds. The smallest absolute Gasteiger partial charge is 0.310 e. The van der Waals surface area contributed by atoms with E-state index in [0.29, 0.717) is 6.42 Å². The van der Waals surface area contributed by atoms with Crippen molar-refractivity contribution in [1.29, 1.82) is 0 Å². The molecule has 0 spiro atoms. The zero-order valence-corrected chi connectivity index (χ0v) is 4.95. The minimum atomic E-state index is -0.779. The topological polar surface area (TPSA) is 63.3 Å². The van der Waals surface area contributed by atoms with E-state index >= 15 is 0 Å². The van der Waals surface area contributed by atoms with Gasteiger partial charge in [0.05, 0.1) is 5.92 Å². The summed E-state index contributed by atoms with van der Waals surface area (Å²) in [5.74, 6) is -1.13. The lowest BCUT2D eigenvalue weighted by molar-refractivity contribution is -0.140. The summed E-state index contributed by atoms with van der Waals surface area (Å²) in [6.45, 7) is 0. The molecule has 0 aliphatic heterocycles. The second kappa shape index (κ2) is 2.19. The van der Waals surface area contributed by atoms with Crippen LogP contribution < -0.4 is 5.73 Å². The molecule has 1 rings (SSSR count). The summed E-state index contributed by atoms with van der Waals surface area (Å²) in [5.41, 5.74) is 5.41. The van der Waals surface area contributed by atoms with Gasteiger partial charge in [-0.1, -0.05) is 12.2 Å². The van der Waals surface area contributed by atoms with Gasteiger partial charge in [0, 0.05) is 6.04 Å². The van der Waals surface area contributed by atoms with E-state index in [2.05, 4.69) is 0 Å². The van der Waals surface area contributed by atoms with Gasteiger partial charge in [-0.3, -0.25) is 4.79 Å². The Balaban J connectivity index is 2.50. The molecule has 9 heavy (non-hydrogen) atoms. The van der Waals surface area contributed by atoms with Gasteiger partial charge in [-0.15, -0.1) is 0 Å². The summed E-state index contributed by atoms with van der Waals surface area (Å²) >= 11 is 0. The van der Waals surface area contributed by atoms with Gasteiger partial charge >= 0.3 is 5.97 Å². The number of rotatable bonds is 1. The maximum atomic E-state index is 10.2. The Morgan fingerprint density at radius 2 is 2.33 bits per heavy atom. The van der Waals surface area contributed by atoms with Crippen molar-refractivity contribution in [3.05, 3.63) is 12.2 Å². The molecule has 0 radical (unpaired) electrons. The third-order valence-electron chi connectivity index (χ3n) is 1.43.